The van der Waals surface area contributed by atoms with E-state index in [0.29, 0.717) is 0 Å². The average Bonchev–Trinajstić information content (AvgIpc) is 0. The first-order chi connectivity index (χ1) is 0. The number of hydrogen-bond donors (Lipinski definition) is 0. The summed E-state index contributed by atoms with van der Waals surface area (Å²) >= 11 is 0. The second-order valence-electron chi connectivity index (χ2n) is 0. The number of hydrogen-bond acceptors (Lipinski definition) is 0. The molecular weight excluding hydrogens is 370 g/mol. The topological polar surface area (TPSA) is 0 Å². The first-order valence-electron chi connectivity index (χ1n) is 0. The van der Waals surface area contributed by atoms with Crippen LogP contribution in [-0.4, -0.2) is 0 Å². The summed E-state index contributed by atoms with van der Waals surface area (Å²) in [7, 11) is 0. The van der Waals surface area contributed by atoms with Crippen LogP contribution in [0, 0.1) is 0 Å². The van der Waals surface area contributed by atoms with Crippen molar-refractivity contribution in [1.82, 2.24) is 0 Å². The van der Waals surface area contributed by atoms with Crippen molar-refractivity contribution in [3.8, 4) is 0 Å². The predicted octanol–water partition coefficient (Wildman–Crippen LogP) is -8.99. The van der Waals surface area contributed by atoms with E-state index in [9.17, 15) is 0 Å². The van der Waals surface area contributed by atoms with E-state index >= 15 is 0 Å². The normalized spacial score (nSPS) is 0. The molecule has 0 fully saturated rings. The Hall–Kier alpha value is 1.65. The summed E-state index contributed by atoms with van der Waals surface area (Å²) < 4.78 is 0. The Morgan fingerprint density at radius 2 is 0.600 bits per heavy atom. The third-order valence-electron chi connectivity index (χ3n) is 0. The summed E-state index contributed by atoms with van der Waals surface area (Å²) in [6.07, 6.45) is 0. The summed E-state index contributed by atoms with van der Waals surface area (Å²) in [6.45, 7) is 0. The maximum absolute atomic E-state index is 0. The molecule has 0 aromatic carbocycles. The second kappa shape index (κ2) is 45.0. The zero-order chi connectivity index (χ0) is 0. The Balaban J connectivity index is 0. The van der Waals surface area contributed by atoms with Crippen molar-refractivity contribution >= 4 is 0 Å². The van der Waals surface area contributed by atoms with E-state index in [4.69, 9.17) is 0 Å². The molecule has 0 rings (SSSR count). The molecule has 0 nitrogen and oxygen atoms in total. The Bertz CT molecular complexity index is 6.85. The molecule has 5 heavy (non-hydrogen) atoms. The van der Waals surface area contributed by atoms with E-state index in [1.807, 2.05) is 0 Å². The van der Waals surface area contributed by atoms with E-state index in [0.717, 1.165) is 0 Å². The fraction of sp³-hybridized carbons (Fsp3) is 0. The summed E-state index contributed by atoms with van der Waals surface area (Å²) in [6, 6.07) is 0. The minimum absolute atomic E-state index is 0. The van der Waals surface area contributed by atoms with Gasteiger partial charge in [-0.1, -0.05) is 0 Å². The molecule has 0 aliphatic carbocycles. The third kappa shape index (κ3) is 27.7. The predicted molar refractivity (Wildman–Crippen MR) is 0 cm³/mol. The molecule has 0 unspecified atom stereocenters. The van der Waals surface area contributed by atoms with Gasteiger partial charge in [0.2, 0.25) is 0 Å². The van der Waals surface area contributed by atoms with Crippen LogP contribution >= 0.6 is 0 Å². The van der Waals surface area contributed by atoms with Crippen LogP contribution < -0.4 is 14.1 Å². The molecule has 0 N–H and O–H groups in total. The summed E-state index contributed by atoms with van der Waals surface area (Å²) in [5.41, 5.74) is 0. The van der Waals surface area contributed by atoms with Crippen molar-refractivity contribution in [3.63, 3.8) is 0 Å². The van der Waals surface area contributed by atoms with Crippen molar-refractivity contribution in [2.24, 2.45) is 0 Å². The van der Waals surface area contributed by atoms with Gasteiger partial charge in [-0.2, -0.15) is 0 Å². The maximum atomic E-state index is 0. The van der Waals surface area contributed by atoms with Crippen LogP contribution in [0.25, 0.3) is 0 Å². The zero-order valence-electron chi connectivity index (χ0n) is 2.55. The maximum Gasteiger partial charge on any atom is 2.00 e. The van der Waals surface area contributed by atoms with Gasteiger partial charge in [0.15, 0.2) is 0 Å². The van der Waals surface area contributed by atoms with Crippen LogP contribution in [0.3, 0.4) is 0 Å². The van der Waals surface area contributed by atoms with Crippen LogP contribution in [0.1, 0.15) is 0 Å². The molecule has 0 saturated heterocycles. The summed E-state index contributed by atoms with van der Waals surface area (Å²) in [5.74, 6) is 0. The molecule has 0 spiro atoms. The molecule has 1 radical (unpaired) electrons. The van der Waals surface area contributed by atoms with Crippen molar-refractivity contribution in [2.75, 3.05) is 0 Å². The van der Waals surface area contributed by atoms with Crippen molar-refractivity contribution in [1.29, 1.82) is 0 Å². The standard InChI is InChI=1S/Cd.3FH.Hg/h;3*1H;/q+2;;;;+1/p-3. The van der Waals surface area contributed by atoms with Gasteiger partial charge in [0.25, 0.3) is 0 Å². The van der Waals surface area contributed by atoms with Gasteiger partial charge in [-0.25, -0.2) is 0 Å². The minimum atomic E-state index is 0. The Labute approximate surface area is 68.5 Å². The molecule has 25 valence electrons. The van der Waals surface area contributed by atoms with Crippen LogP contribution in [0.4, 0.5) is 0 Å². The Morgan fingerprint density at radius 3 is 0.600 bits per heavy atom. The van der Waals surface area contributed by atoms with E-state index in [2.05, 4.69) is 0 Å². The molecule has 0 heterocycles. The van der Waals surface area contributed by atoms with E-state index in [1.165, 1.54) is 0 Å². The van der Waals surface area contributed by atoms with Gasteiger partial charge >= 0.3 is 55.0 Å². The van der Waals surface area contributed by atoms with Crippen LogP contribution in [0.5, 0.6) is 0 Å². The first kappa shape index (κ1) is 78.1. The molecule has 0 aliphatic heterocycles. The van der Waals surface area contributed by atoms with E-state index in [1.54, 1.807) is 0 Å². The molecule has 0 aromatic heterocycles. The van der Waals surface area contributed by atoms with Gasteiger partial charge in [0.1, 0.15) is 0 Å². The quantitative estimate of drug-likeness (QED) is 0.372. The van der Waals surface area contributed by atoms with Gasteiger partial charge in [0.05, 0.1) is 0 Å². The average molecular weight is 370 g/mol. The molecule has 0 atom stereocenters. The van der Waals surface area contributed by atoms with Crippen molar-refractivity contribution in [3.05, 3.63) is 0 Å². The van der Waals surface area contributed by atoms with Gasteiger partial charge in [-0.15, -0.1) is 0 Å². The van der Waals surface area contributed by atoms with E-state index < -0.39 is 0 Å². The number of halogens is 3. The van der Waals surface area contributed by atoms with Crippen LogP contribution in [-0.2, 0) is 55.0 Å². The van der Waals surface area contributed by atoms with Crippen molar-refractivity contribution < 1.29 is 69.1 Å². The fourth-order valence-electron chi connectivity index (χ4n) is 0. The Kier molecular flexibility index (Phi) is 702. The minimum Gasteiger partial charge on any atom is -1.00 e. The molecule has 0 amide bonds. The van der Waals surface area contributed by atoms with Gasteiger partial charge in [-0.05, 0) is 0 Å². The van der Waals surface area contributed by atoms with Crippen LogP contribution in [0.15, 0.2) is 0 Å². The third-order valence-corrected chi connectivity index (χ3v) is 0. The summed E-state index contributed by atoms with van der Waals surface area (Å²) in [5, 5.41) is 0. The molecule has 0 saturated carbocycles. The number of rotatable bonds is 0. The second-order valence-corrected chi connectivity index (χ2v) is 0. The van der Waals surface area contributed by atoms with Crippen LogP contribution in [0.2, 0.25) is 0 Å². The monoisotopic (exact) mass is 373 g/mol. The molecule has 0 aliphatic rings. The van der Waals surface area contributed by atoms with Gasteiger partial charge in [0, 0.05) is 0 Å². The first-order valence-corrected chi connectivity index (χ1v) is 0. The fourth-order valence-corrected chi connectivity index (χ4v) is 0. The molecule has 5 heteroatoms. The Morgan fingerprint density at radius 1 is 0.600 bits per heavy atom. The van der Waals surface area contributed by atoms with E-state index in [-0.39, 0.29) is 69.1 Å². The van der Waals surface area contributed by atoms with Crippen molar-refractivity contribution in [2.45, 2.75) is 0 Å². The molecular formula is CdF3Hg. The zero-order valence-corrected chi connectivity index (χ0v) is 12.1. The SMILES string of the molecule is [Cd+2].[F-].[F-].[F-].[Hg+]. The largest absolute Gasteiger partial charge is 2.00 e. The molecule has 0 bridgehead atoms. The summed E-state index contributed by atoms with van der Waals surface area (Å²) in [4.78, 5) is 0. The molecule has 0 aromatic rings. The van der Waals surface area contributed by atoms with Gasteiger partial charge < -0.3 is 14.1 Å². The van der Waals surface area contributed by atoms with Gasteiger partial charge in [-0.3, -0.25) is 0 Å². The smallest absolute Gasteiger partial charge is 1.00 e.